The SMILES string of the molecule is NC(=S)N1CCN(c2ccc(Cl)c(Cl)c2)CC1. The van der Waals surface area contributed by atoms with Crippen molar-refractivity contribution >= 4 is 46.2 Å². The Labute approximate surface area is 116 Å². The standard InChI is InChI=1S/C11H13Cl2N3S/c12-9-2-1-8(7-10(9)13)15-3-5-16(6-4-15)11(14)17/h1-2,7H,3-6H2,(H2,14,17). The molecular weight excluding hydrogens is 277 g/mol. The maximum absolute atomic E-state index is 6.00. The van der Waals surface area contributed by atoms with Gasteiger partial charge in [0.2, 0.25) is 0 Å². The lowest BCUT2D eigenvalue weighted by molar-refractivity contribution is 0.388. The number of hydrogen-bond donors (Lipinski definition) is 1. The fraction of sp³-hybridized carbons (Fsp3) is 0.364. The summed E-state index contributed by atoms with van der Waals surface area (Å²) in [5.41, 5.74) is 6.68. The quantitative estimate of drug-likeness (QED) is 0.805. The zero-order chi connectivity index (χ0) is 12.4. The number of thiocarbonyl (C=S) groups is 1. The molecule has 0 atom stereocenters. The molecule has 0 saturated carbocycles. The lowest BCUT2D eigenvalue weighted by Crippen LogP contribution is -2.50. The van der Waals surface area contributed by atoms with E-state index in [1.807, 2.05) is 23.1 Å². The largest absolute Gasteiger partial charge is 0.376 e. The Morgan fingerprint density at radius 1 is 1.12 bits per heavy atom. The summed E-state index contributed by atoms with van der Waals surface area (Å²) < 4.78 is 0. The third kappa shape index (κ3) is 2.94. The van der Waals surface area contributed by atoms with Crippen LogP contribution in [0.2, 0.25) is 10.0 Å². The van der Waals surface area contributed by atoms with Crippen LogP contribution in [0.25, 0.3) is 0 Å². The minimum atomic E-state index is 0.471. The molecule has 1 heterocycles. The molecule has 0 amide bonds. The third-order valence-corrected chi connectivity index (χ3v) is 3.86. The molecule has 1 fully saturated rings. The molecule has 3 nitrogen and oxygen atoms in total. The van der Waals surface area contributed by atoms with Gasteiger partial charge in [-0.25, -0.2) is 0 Å². The molecule has 0 spiro atoms. The van der Waals surface area contributed by atoms with E-state index in [1.54, 1.807) is 0 Å². The fourth-order valence-corrected chi connectivity index (χ4v) is 2.34. The van der Waals surface area contributed by atoms with Gasteiger partial charge >= 0.3 is 0 Å². The first-order chi connectivity index (χ1) is 8.08. The molecule has 1 saturated heterocycles. The molecule has 0 aromatic heterocycles. The minimum absolute atomic E-state index is 0.471. The summed E-state index contributed by atoms with van der Waals surface area (Å²) in [6.45, 7) is 3.45. The Hall–Kier alpha value is -0.710. The van der Waals surface area contributed by atoms with Gasteiger partial charge < -0.3 is 15.5 Å². The fourth-order valence-electron chi connectivity index (χ4n) is 1.87. The van der Waals surface area contributed by atoms with E-state index in [1.165, 1.54) is 0 Å². The van der Waals surface area contributed by atoms with Gasteiger partial charge in [0.05, 0.1) is 10.0 Å². The maximum Gasteiger partial charge on any atom is 0.166 e. The lowest BCUT2D eigenvalue weighted by atomic mass is 10.2. The number of nitrogens with two attached hydrogens (primary N) is 1. The molecule has 1 aliphatic rings. The van der Waals surface area contributed by atoms with Gasteiger partial charge in [-0.15, -0.1) is 0 Å². The first kappa shape index (κ1) is 12.7. The molecule has 0 bridgehead atoms. The van der Waals surface area contributed by atoms with E-state index in [9.17, 15) is 0 Å². The van der Waals surface area contributed by atoms with Crippen LogP contribution >= 0.6 is 35.4 Å². The van der Waals surface area contributed by atoms with Gasteiger partial charge in [-0.1, -0.05) is 23.2 Å². The number of hydrogen-bond acceptors (Lipinski definition) is 2. The van der Waals surface area contributed by atoms with Crippen LogP contribution in [-0.4, -0.2) is 36.2 Å². The summed E-state index contributed by atoms with van der Waals surface area (Å²) in [6.07, 6.45) is 0. The molecule has 1 aromatic carbocycles. The third-order valence-electron chi connectivity index (χ3n) is 2.86. The topological polar surface area (TPSA) is 32.5 Å². The highest BCUT2D eigenvalue weighted by Crippen LogP contribution is 2.27. The lowest BCUT2D eigenvalue weighted by Gasteiger charge is -2.36. The van der Waals surface area contributed by atoms with Gasteiger partial charge in [-0.2, -0.15) is 0 Å². The number of piperazine rings is 1. The Kier molecular flexibility index (Phi) is 3.97. The number of anilines is 1. The highest BCUT2D eigenvalue weighted by Gasteiger charge is 2.18. The molecule has 92 valence electrons. The Morgan fingerprint density at radius 3 is 2.29 bits per heavy atom. The number of nitrogens with zero attached hydrogens (tertiary/aromatic N) is 2. The van der Waals surface area contributed by atoms with E-state index in [4.69, 9.17) is 41.2 Å². The molecule has 2 N–H and O–H groups in total. The molecule has 1 aromatic rings. The summed E-state index contributed by atoms with van der Waals surface area (Å²) in [5, 5.41) is 1.64. The van der Waals surface area contributed by atoms with E-state index in [0.29, 0.717) is 15.2 Å². The zero-order valence-electron chi connectivity index (χ0n) is 9.20. The summed E-state index contributed by atoms with van der Waals surface area (Å²) in [4.78, 5) is 4.25. The van der Waals surface area contributed by atoms with Crippen LogP contribution in [0.3, 0.4) is 0 Å². The molecular formula is C11H13Cl2N3S. The van der Waals surface area contributed by atoms with Crippen LogP contribution in [0.4, 0.5) is 5.69 Å². The van der Waals surface area contributed by atoms with Gasteiger partial charge in [0.1, 0.15) is 0 Å². The van der Waals surface area contributed by atoms with Crippen LogP contribution < -0.4 is 10.6 Å². The predicted octanol–water partition coefficient (Wildman–Crippen LogP) is 2.36. The second-order valence-electron chi connectivity index (χ2n) is 3.91. The molecule has 0 aliphatic carbocycles. The van der Waals surface area contributed by atoms with Gasteiger partial charge in [-0.05, 0) is 30.4 Å². The van der Waals surface area contributed by atoms with Crippen LogP contribution in [0.5, 0.6) is 0 Å². The number of rotatable bonds is 1. The first-order valence-electron chi connectivity index (χ1n) is 5.32. The van der Waals surface area contributed by atoms with Gasteiger partial charge in [0.15, 0.2) is 5.11 Å². The summed E-state index contributed by atoms with van der Waals surface area (Å²) in [6, 6.07) is 5.68. The number of benzene rings is 1. The second-order valence-corrected chi connectivity index (χ2v) is 5.14. The van der Waals surface area contributed by atoms with E-state index in [0.717, 1.165) is 31.9 Å². The van der Waals surface area contributed by atoms with Crippen molar-refractivity contribution in [1.82, 2.24) is 4.90 Å². The minimum Gasteiger partial charge on any atom is -0.376 e. The van der Waals surface area contributed by atoms with Gasteiger partial charge in [0, 0.05) is 31.9 Å². The summed E-state index contributed by atoms with van der Waals surface area (Å²) >= 11 is 16.8. The van der Waals surface area contributed by atoms with Crippen molar-refractivity contribution in [2.24, 2.45) is 5.73 Å². The smallest absolute Gasteiger partial charge is 0.166 e. The van der Waals surface area contributed by atoms with Crippen molar-refractivity contribution in [3.8, 4) is 0 Å². The molecule has 17 heavy (non-hydrogen) atoms. The van der Waals surface area contributed by atoms with E-state index in [2.05, 4.69) is 4.90 Å². The molecule has 0 unspecified atom stereocenters. The highest BCUT2D eigenvalue weighted by molar-refractivity contribution is 7.80. The average Bonchev–Trinajstić information content (AvgIpc) is 2.33. The van der Waals surface area contributed by atoms with Crippen molar-refractivity contribution in [1.29, 1.82) is 0 Å². The van der Waals surface area contributed by atoms with Gasteiger partial charge in [-0.3, -0.25) is 0 Å². The summed E-state index contributed by atoms with van der Waals surface area (Å²) in [5.74, 6) is 0. The Morgan fingerprint density at radius 2 is 1.76 bits per heavy atom. The van der Waals surface area contributed by atoms with Crippen LogP contribution in [0.1, 0.15) is 0 Å². The van der Waals surface area contributed by atoms with Gasteiger partial charge in [0.25, 0.3) is 0 Å². The first-order valence-corrected chi connectivity index (χ1v) is 6.49. The molecule has 6 heteroatoms. The van der Waals surface area contributed by atoms with Crippen molar-refractivity contribution < 1.29 is 0 Å². The van der Waals surface area contributed by atoms with Crippen LogP contribution in [0, 0.1) is 0 Å². The average molecular weight is 290 g/mol. The van der Waals surface area contributed by atoms with E-state index < -0.39 is 0 Å². The monoisotopic (exact) mass is 289 g/mol. The maximum atomic E-state index is 6.00. The van der Waals surface area contributed by atoms with E-state index >= 15 is 0 Å². The Balaban J connectivity index is 2.05. The second kappa shape index (κ2) is 5.29. The Bertz CT molecular complexity index is 431. The van der Waals surface area contributed by atoms with Crippen LogP contribution in [0.15, 0.2) is 18.2 Å². The predicted molar refractivity (Wildman–Crippen MR) is 77.0 cm³/mol. The van der Waals surface area contributed by atoms with Crippen molar-refractivity contribution in [3.05, 3.63) is 28.2 Å². The van der Waals surface area contributed by atoms with Crippen molar-refractivity contribution in [3.63, 3.8) is 0 Å². The van der Waals surface area contributed by atoms with E-state index in [-0.39, 0.29) is 0 Å². The zero-order valence-corrected chi connectivity index (χ0v) is 11.5. The number of halogens is 2. The molecule has 0 radical (unpaired) electrons. The van der Waals surface area contributed by atoms with Crippen molar-refractivity contribution in [2.75, 3.05) is 31.1 Å². The normalized spacial score (nSPS) is 16.1. The highest BCUT2D eigenvalue weighted by atomic mass is 35.5. The summed E-state index contributed by atoms with van der Waals surface area (Å²) in [7, 11) is 0. The van der Waals surface area contributed by atoms with Crippen LogP contribution in [-0.2, 0) is 0 Å². The van der Waals surface area contributed by atoms with Crippen molar-refractivity contribution in [2.45, 2.75) is 0 Å². The molecule has 1 aliphatic heterocycles. The molecule has 2 rings (SSSR count).